The second-order valence-electron chi connectivity index (χ2n) is 6.51. The third kappa shape index (κ3) is 6.03. The van der Waals surface area contributed by atoms with Crippen molar-refractivity contribution in [3.05, 3.63) is 94.3 Å². The van der Waals surface area contributed by atoms with Crippen molar-refractivity contribution in [3.63, 3.8) is 0 Å². The third-order valence-electron chi connectivity index (χ3n) is 4.27. The first-order valence-corrected chi connectivity index (χ1v) is 9.30. The molecule has 0 aliphatic rings. The first-order chi connectivity index (χ1) is 14.5. The van der Waals surface area contributed by atoms with Gasteiger partial charge >= 0.3 is 0 Å². The van der Waals surface area contributed by atoms with E-state index in [1.807, 2.05) is 49.4 Å². The van der Waals surface area contributed by atoms with E-state index in [0.717, 1.165) is 11.3 Å². The van der Waals surface area contributed by atoms with Crippen molar-refractivity contribution < 1.29 is 19.2 Å². The Bertz CT molecular complexity index is 993. The number of pyridine rings is 1. The van der Waals surface area contributed by atoms with Gasteiger partial charge in [0.05, 0.1) is 16.7 Å². The number of carbonyl (C=O) groups is 1. The molecule has 30 heavy (non-hydrogen) atoms. The molecule has 3 aromatic rings. The van der Waals surface area contributed by atoms with Crippen molar-refractivity contribution in [1.82, 2.24) is 10.3 Å². The van der Waals surface area contributed by atoms with Gasteiger partial charge in [0, 0.05) is 18.3 Å². The Labute approximate surface area is 173 Å². The van der Waals surface area contributed by atoms with E-state index in [9.17, 15) is 14.9 Å². The molecule has 0 spiro atoms. The molecule has 8 nitrogen and oxygen atoms in total. The van der Waals surface area contributed by atoms with E-state index < -0.39 is 4.92 Å². The fourth-order valence-corrected chi connectivity index (χ4v) is 2.69. The first kappa shape index (κ1) is 20.8. The summed E-state index contributed by atoms with van der Waals surface area (Å²) in [4.78, 5) is 26.6. The van der Waals surface area contributed by atoms with Gasteiger partial charge in [-0.05, 0) is 48.9 Å². The van der Waals surface area contributed by atoms with Crippen molar-refractivity contribution in [3.8, 4) is 11.5 Å². The molecule has 1 atom stereocenters. The van der Waals surface area contributed by atoms with Crippen LogP contribution in [-0.2, 0) is 11.4 Å². The van der Waals surface area contributed by atoms with Crippen molar-refractivity contribution >= 4 is 11.6 Å². The van der Waals surface area contributed by atoms with Crippen LogP contribution in [0.4, 0.5) is 5.69 Å². The zero-order valence-electron chi connectivity index (χ0n) is 16.4. The number of benzene rings is 2. The predicted octanol–water partition coefficient (Wildman–Crippen LogP) is 3.83. The fourth-order valence-electron chi connectivity index (χ4n) is 2.69. The molecule has 0 saturated heterocycles. The molecule has 0 aliphatic heterocycles. The van der Waals surface area contributed by atoms with Gasteiger partial charge in [-0.1, -0.05) is 18.2 Å². The second kappa shape index (κ2) is 10.0. The zero-order valence-corrected chi connectivity index (χ0v) is 16.4. The molecule has 1 amide bonds. The summed E-state index contributed by atoms with van der Waals surface area (Å²) in [5.41, 5.74) is 1.68. The van der Waals surface area contributed by atoms with E-state index in [-0.39, 0.29) is 24.2 Å². The molecular formula is C22H21N3O5. The maximum Gasteiger partial charge on any atom is 0.269 e. The van der Waals surface area contributed by atoms with Gasteiger partial charge in [0.25, 0.3) is 11.6 Å². The molecule has 154 valence electrons. The number of amides is 1. The number of nitrogens with one attached hydrogen (secondary N) is 1. The Hall–Kier alpha value is -3.94. The normalized spacial score (nSPS) is 11.4. The Balaban J connectivity index is 1.50. The second-order valence-corrected chi connectivity index (χ2v) is 6.51. The van der Waals surface area contributed by atoms with E-state index in [4.69, 9.17) is 9.47 Å². The highest BCUT2D eigenvalue weighted by atomic mass is 16.6. The van der Waals surface area contributed by atoms with Crippen LogP contribution in [0.25, 0.3) is 0 Å². The molecule has 2 aromatic carbocycles. The summed E-state index contributed by atoms with van der Waals surface area (Å²) >= 11 is 0. The van der Waals surface area contributed by atoms with E-state index in [0.29, 0.717) is 18.1 Å². The molecule has 1 unspecified atom stereocenters. The van der Waals surface area contributed by atoms with Crippen LogP contribution in [0, 0.1) is 10.1 Å². The van der Waals surface area contributed by atoms with Gasteiger partial charge in [0.2, 0.25) is 0 Å². The number of nitro groups is 1. The molecule has 8 heteroatoms. The molecule has 3 rings (SSSR count). The number of nitro benzene ring substituents is 1. The van der Waals surface area contributed by atoms with Crippen LogP contribution < -0.4 is 14.8 Å². The molecule has 0 aliphatic carbocycles. The minimum absolute atomic E-state index is 0.0365. The van der Waals surface area contributed by atoms with Gasteiger partial charge in [-0.2, -0.15) is 0 Å². The molecule has 0 radical (unpaired) electrons. The number of hydrogen-bond acceptors (Lipinski definition) is 6. The Kier molecular flexibility index (Phi) is 6.94. The average Bonchev–Trinajstić information content (AvgIpc) is 2.77. The summed E-state index contributed by atoms with van der Waals surface area (Å²) in [5, 5.41) is 13.5. The lowest BCUT2D eigenvalue weighted by molar-refractivity contribution is -0.384. The number of rotatable bonds is 9. The largest absolute Gasteiger partial charge is 0.487 e. The van der Waals surface area contributed by atoms with Crippen LogP contribution in [0.2, 0.25) is 0 Å². The Morgan fingerprint density at radius 1 is 1.07 bits per heavy atom. The first-order valence-electron chi connectivity index (χ1n) is 9.30. The lowest BCUT2D eigenvalue weighted by atomic mass is 10.1. The van der Waals surface area contributed by atoms with Crippen molar-refractivity contribution in [1.29, 1.82) is 0 Å². The van der Waals surface area contributed by atoms with Crippen molar-refractivity contribution in [2.75, 3.05) is 6.61 Å². The average molecular weight is 407 g/mol. The Morgan fingerprint density at radius 3 is 2.57 bits per heavy atom. The van der Waals surface area contributed by atoms with Gasteiger partial charge in [-0.25, -0.2) is 0 Å². The molecule has 0 fully saturated rings. The molecular weight excluding hydrogens is 386 g/mol. The summed E-state index contributed by atoms with van der Waals surface area (Å²) in [6.07, 6.45) is 1.71. The highest BCUT2D eigenvalue weighted by Gasteiger charge is 2.12. The monoisotopic (exact) mass is 407 g/mol. The summed E-state index contributed by atoms with van der Waals surface area (Å²) < 4.78 is 11.2. The number of hydrogen-bond donors (Lipinski definition) is 1. The fraction of sp³-hybridized carbons (Fsp3) is 0.182. The van der Waals surface area contributed by atoms with Crippen LogP contribution in [0.1, 0.15) is 24.2 Å². The minimum atomic E-state index is -0.494. The maximum absolute atomic E-state index is 12.2. The van der Waals surface area contributed by atoms with Crippen LogP contribution in [-0.4, -0.2) is 22.4 Å². The molecule has 0 saturated carbocycles. The SMILES string of the molecule is CC(NC(=O)COc1ccc([N+](=O)[O-])cc1)c1cccc(OCc2ccccn2)c1. The lowest BCUT2D eigenvalue weighted by Gasteiger charge is -2.16. The lowest BCUT2D eigenvalue weighted by Crippen LogP contribution is -2.31. The summed E-state index contributed by atoms with van der Waals surface area (Å²) in [5.74, 6) is 0.760. The van der Waals surface area contributed by atoms with Gasteiger partial charge in [0.1, 0.15) is 18.1 Å². The Morgan fingerprint density at radius 2 is 1.87 bits per heavy atom. The van der Waals surface area contributed by atoms with Gasteiger partial charge < -0.3 is 14.8 Å². The van der Waals surface area contributed by atoms with E-state index in [1.165, 1.54) is 24.3 Å². The number of carbonyl (C=O) groups excluding carboxylic acids is 1. The quantitative estimate of drug-likeness (QED) is 0.427. The van der Waals surface area contributed by atoms with Crippen molar-refractivity contribution in [2.24, 2.45) is 0 Å². The molecule has 1 aromatic heterocycles. The number of ether oxygens (including phenoxy) is 2. The highest BCUT2D eigenvalue weighted by molar-refractivity contribution is 5.78. The van der Waals surface area contributed by atoms with Gasteiger partial charge in [0.15, 0.2) is 6.61 Å². The summed E-state index contributed by atoms with van der Waals surface area (Å²) in [6.45, 7) is 2.02. The number of nitrogens with zero attached hydrogens (tertiary/aromatic N) is 2. The topological polar surface area (TPSA) is 104 Å². The van der Waals surface area contributed by atoms with E-state index >= 15 is 0 Å². The zero-order chi connectivity index (χ0) is 21.3. The van der Waals surface area contributed by atoms with Crippen LogP contribution in [0.5, 0.6) is 11.5 Å². The van der Waals surface area contributed by atoms with Crippen LogP contribution >= 0.6 is 0 Å². The smallest absolute Gasteiger partial charge is 0.269 e. The van der Waals surface area contributed by atoms with Crippen molar-refractivity contribution in [2.45, 2.75) is 19.6 Å². The van der Waals surface area contributed by atoms with Crippen LogP contribution in [0.15, 0.2) is 72.9 Å². The molecule has 1 heterocycles. The summed E-state index contributed by atoms with van der Waals surface area (Å²) in [6, 6.07) is 18.4. The maximum atomic E-state index is 12.2. The highest BCUT2D eigenvalue weighted by Crippen LogP contribution is 2.20. The van der Waals surface area contributed by atoms with Crippen LogP contribution in [0.3, 0.4) is 0 Å². The minimum Gasteiger partial charge on any atom is -0.487 e. The molecule has 0 bridgehead atoms. The predicted molar refractivity (Wildman–Crippen MR) is 110 cm³/mol. The number of non-ortho nitro benzene ring substituents is 1. The van der Waals surface area contributed by atoms with E-state index in [1.54, 1.807) is 6.20 Å². The van der Waals surface area contributed by atoms with Gasteiger partial charge in [-0.15, -0.1) is 0 Å². The number of aromatic nitrogens is 1. The van der Waals surface area contributed by atoms with E-state index in [2.05, 4.69) is 10.3 Å². The standard InChI is InChI=1S/C22H21N3O5/c1-16(24-22(26)15-30-20-10-8-19(9-11-20)25(27)28)17-5-4-7-21(13-17)29-14-18-6-2-3-12-23-18/h2-13,16H,14-15H2,1H3,(H,24,26). The third-order valence-corrected chi connectivity index (χ3v) is 4.27. The molecule has 1 N–H and O–H groups in total. The summed E-state index contributed by atoms with van der Waals surface area (Å²) in [7, 11) is 0. The van der Waals surface area contributed by atoms with Gasteiger partial charge in [-0.3, -0.25) is 19.9 Å².